The van der Waals surface area contributed by atoms with Crippen LogP contribution in [-0.4, -0.2) is 228 Å². The Morgan fingerprint density at radius 3 is 1.24 bits per heavy atom. The second-order valence-electron chi connectivity index (χ2n) is 22.2. The number of imide groups is 1. The second-order valence-corrected chi connectivity index (χ2v) is 22.2. The Balaban J connectivity index is 1.16. The van der Waals surface area contributed by atoms with Crippen LogP contribution in [0.4, 0.5) is 0 Å². The highest BCUT2D eigenvalue weighted by atomic mass is 16.7. The fraction of sp³-hybridized carbons (Fsp3) is 0.397. The van der Waals surface area contributed by atoms with Crippen LogP contribution < -0.4 is 47.9 Å². The normalized spacial score (nSPS) is 19.6. The summed E-state index contributed by atoms with van der Waals surface area (Å²) in [6.07, 6.45) is 0.0116. The zero-order chi connectivity index (χ0) is 67.3. The maximum atomic E-state index is 14.6. The average Bonchev–Trinajstić information content (AvgIpc) is 1.15. The fourth-order valence-corrected chi connectivity index (χ4v) is 10.5. The van der Waals surface area contributed by atoms with Crippen LogP contribution in [0, 0.1) is 0 Å². The third-order valence-corrected chi connectivity index (χ3v) is 15.7. The summed E-state index contributed by atoms with van der Waals surface area (Å²) in [7, 11) is 0. The van der Waals surface area contributed by atoms with Gasteiger partial charge < -0.3 is 73.1 Å². The summed E-state index contributed by atoms with van der Waals surface area (Å²) in [5, 5.41) is 71.2. The van der Waals surface area contributed by atoms with Gasteiger partial charge >= 0.3 is 5.97 Å². The molecular formula is C63H74N14O17. The zero-order valence-electron chi connectivity index (χ0n) is 51.3. The minimum atomic E-state index is -1.13. The van der Waals surface area contributed by atoms with Crippen molar-refractivity contribution in [3.8, 4) is 23.0 Å². The molecule has 0 aliphatic carbocycles. The van der Waals surface area contributed by atoms with E-state index in [0.717, 1.165) is 0 Å². The van der Waals surface area contributed by atoms with Crippen LogP contribution in [0.15, 0.2) is 82.8 Å². The number of unbranched alkanes of at least 4 members (excludes halogenated alkanes) is 1. The molecule has 4 aromatic rings. The van der Waals surface area contributed by atoms with Crippen molar-refractivity contribution in [1.82, 2.24) is 62.7 Å². The van der Waals surface area contributed by atoms with Crippen LogP contribution in [0.25, 0.3) is 0 Å². The van der Waals surface area contributed by atoms with Gasteiger partial charge in [-0.3, -0.25) is 72.5 Å². The number of fused-ring (bicyclic) bond motifs is 10. The first-order chi connectivity index (χ1) is 45.3. The lowest BCUT2D eigenvalue weighted by Crippen LogP contribution is -2.46. The lowest BCUT2D eigenvalue weighted by molar-refractivity contribution is -0.197. The van der Waals surface area contributed by atoms with E-state index in [1.54, 1.807) is 0 Å². The molecule has 13 N–H and O–H groups in total. The molecule has 4 aromatic carbocycles. The quantitative estimate of drug-likeness (QED) is 0.0697. The van der Waals surface area contributed by atoms with Crippen molar-refractivity contribution >= 4 is 82.4 Å². The maximum Gasteiger partial charge on any atom is 0.333 e. The standard InChI is InChI=1S/C63H74N14O17/c78-48(17-7-18-51(81)94-77-49(79)19-20-50(77)80)66-21-2-1-16-46-47-36-73-62(92)44-14-5-10-40(54(44)84)58(88)69-26-30-76(31-27-70-59(89)41-11-6-15-45(55(41)85)63(93)74-46)33-32-75-28-24-67-56(86)38-8-3-12-42(52(38)82)60(90)71-34-37(64-22-23-65-47)35-72-61(91)43-13-4-9-39(53(43)83)57(87)68-25-29-75/h3-6,8-15,46,82-85H,1-2,7,16-36H2,(H,66,78)(H,67,86)(H,68,87)(H,69,88)(H,70,89)(H,71,90)(H,72,91)(H,73,92)(H,74,93). The van der Waals surface area contributed by atoms with E-state index in [9.17, 15) is 78.0 Å². The number of phenols is 4. The van der Waals surface area contributed by atoms with Crippen LogP contribution in [0.2, 0.25) is 0 Å². The first-order valence-electron chi connectivity index (χ1n) is 30.7. The van der Waals surface area contributed by atoms with Crippen molar-refractivity contribution in [2.24, 2.45) is 9.98 Å². The lowest BCUT2D eigenvalue weighted by Gasteiger charge is -2.28. The number of para-hydroxylation sites is 4. The summed E-state index contributed by atoms with van der Waals surface area (Å²) in [6, 6.07) is 14.9. The van der Waals surface area contributed by atoms with Gasteiger partial charge in [-0.05, 0) is 74.2 Å². The van der Waals surface area contributed by atoms with E-state index in [1.165, 1.54) is 72.8 Å². The number of aromatic hydroxyl groups is 4. The molecule has 0 aromatic heterocycles. The maximum absolute atomic E-state index is 14.6. The topological polar surface area (TPSA) is 438 Å². The molecule has 6 aliphatic heterocycles. The Hall–Kier alpha value is -10.8. The Kier molecular flexibility index (Phi) is 24.6. The van der Waals surface area contributed by atoms with Crippen LogP contribution in [0.5, 0.6) is 23.0 Å². The summed E-state index contributed by atoms with van der Waals surface area (Å²) >= 11 is 0. The Bertz CT molecular complexity index is 3540. The Morgan fingerprint density at radius 2 is 0.830 bits per heavy atom. The van der Waals surface area contributed by atoms with E-state index >= 15 is 0 Å². The predicted molar refractivity (Wildman–Crippen MR) is 335 cm³/mol. The fourth-order valence-electron chi connectivity index (χ4n) is 10.5. The van der Waals surface area contributed by atoms with Gasteiger partial charge in [0.05, 0.1) is 94.7 Å². The second kappa shape index (κ2) is 33.5. The Morgan fingerprint density at radius 1 is 0.457 bits per heavy atom. The molecule has 2 unspecified atom stereocenters. The van der Waals surface area contributed by atoms with Crippen molar-refractivity contribution in [1.29, 1.82) is 0 Å². The van der Waals surface area contributed by atoms with E-state index in [-0.39, 0.29) is 192 Å². The average molecular weight is 1300 g/mol. The van der Waals surface area contributed by atoms with Gasteiger partial charge in [0, 0.05) is 97.7 Å². The van der Waals surface area contributed by atoms with Gasteiger partial charge in [0.25, 0.3) is 59.1 Å². The van der Waals surface area contributed by atoms with Gasteiger partial charge in [0.1, 0.15) is 23.0 Å². The number of hydroxylamine groups is 2. The summed E-state index contributed by atoms with van der Waals surface area (Å²) in [5.41, 5.74) is -1.95. The number of hydrogen-bond acceptors (Lipinski definition) is 21. The minimum Gasteiger partial charge on any atom is -0.506 e. The summed E-state index contributed by atoms with van der Waals surface area (Å²) in [5.74, 6) is -11.6. The number of rotatable bonds is 10. The predicted octanol–water partition coefficient (Wildman–Crippen LogP) is -0.593. The van der Waals surface area contributed by atoms with E-state index < -0.39 is 120 Å². The van der Waals surface area contributed by atoms with Crippen molar-refractivity contribution in [3.63, 3.8) is 0 Å². The number of carbonyl (C=O) groups is 12. The molecule has 0 saturated carbocycles. The number of nitrogens with zero attached hydrogens (tertiary/aromatic N) is 5. The van der Waals surface area contributed by atoms with Gasteiger partial charge in [-0.2, -0.15) is 0 Å². The van der Waals surface area contributed by atoms with Gasteiger partial charge in [-0.1, -0.05) is 24.3 Å². The first-order valence-corrected chi connectivity index (χ1v) is 30.7. The molecule has 6 aliphatic rings. The number of carbonyl (C=O) groups excluding carboxylic acids is 12. The largest absolute Gasteiger partial charge is 0.506 e. The smallest absolute Gasteiger partial charge is 0.333 e. The molecule has 0 radical (unpaired) electrons. The Labute approximate surface area is 538 Å². The number of aliphatic imine (C=N–C) groups is 2. The van der Waals surface area contributed by atoms with E-state index in [4.69, 9.17) is 9.83 Å². The first kappa shape index (κ1) is 69.1. The molecule has 11 amide bonds. The molecule has 1 saturated heterocycles. The van der Waals surface area contributed by atoms with Gasteiger partial charge in [-0.15, -0.1) is 5.06 Å². The highest BCUT2D eigenvalue weighted by Crippen LogP contribution is 2.27. The minimum absolute atomic E-state index is 0.0230. The SMILES string of the molecule is O=C(CCCC(=O)ON1C(=O)CCC1=O)NCCCCC1NC(=O)c2cccc(c2O)C(=O)NCCN2CCNC(=O)c3cccc(c3O)C(=O)NCC1=NCCN=C1CNC(=O)c3cccc(c3O)C(=O)NCCN(CCNC(=O)c3cccc(c3O)C(=O)NC1)CC2. The number of benzene rings is 4. The van der Waals surface area contributed by atoms with Gasteiger partial charge in [0.15, 0.2) is 0 Å². The monoisotopic (exact) mass is 1300 g/mol. The molecular weight excluding hydrogens is 1220 g/mol. The van der Waals surface area contributed by atoms with Crippen molar-refractivity contribution < 1.29 is 82.8 Å². The van der Waals surface area contributed by atoms with Crippen LogP contribution in [0.3, 0.4) is 0 Å². The van der Waals surface area contributed by atoms with E-state index in [0.29, 0.717) is 5.06 Å². The molecule has 10 rings (SSSR count). The molecule has 6 heterocycles. The van der Waals surface area contributed by atoms with Crippen LogP contribution in [0.1, 0.15) is 134 Å². The number of phenolic OH excluding ortho intramolecular Hbond substituents is 4. The van der Waals surface area contributed by atoms with Crippen molar-refractivity contribution in [2.45, 2.75) is 57.4 Å². The van der Waals surface area contributed by atoms with Gasteiger partial charge in [0.2, 0.25) is 5.91 Å². The van der Waals surface area contributed by atoms with Crippen molar-refractivity contribution in [2.75, 3.05) is 105 Å². The van der Waals surface area contributed by atoms with Crippen LogP contribution in [-0.2, 0) is 24.0 Å². The highest BCUT2D eigenvalue weighted by Gasteiger charge is 2.33. The molecule has 94 heavy (non-hydrogen) atoms. The lowest BCUT2D eigenvalue weighted by atomic mass is 10.0. The summed E-state index contributed by atoms with van der Waals surface area (Å²) < 4.78 is 0. The van der Waals surface area contributed by atoms with Gasteiger partial charge in [-0.25, -0.2) is 4.79 Å². The zero-order valence-corrected chi connectivity index (χ0v) is 51.3. The molecule has 1 fully saturated rings. The molecule has 0 spiro atoms. The summed E-state index contributed by atoms with van der Waals surface area (Å²) in [6.45, 7) is -0.860. The third-order valence-electron chi connectivity index (χ3n) is 15.7. The molecule has 12 bridgehead atoms. The molecule has 2 atom stereocenters. The van der Waals surface area contributed by atoms with E-state index in [2.05, 4.69) is 52.8 Å². The highest BCUT2D eigenvalue weighted by molar-refractivity contribution is 6.09. The number of hydrogen-bond donors (Lipinski definition) is 13. The van der Waals surface area contributed by atoms with Crippen molar-refractivity contribution in [3.05, 3.63) is 117 Å². The summed E-state index contributed by atoms with van der Waals surface area (Å²) in [4.78, 5) is 179. The molecule has 31 nitrogen and oxygen atoms in total. The van der Waals surface area contributed by atoms with E-state index in [1.807, 2.05) is 9.80 Å². The third kappa shape index (κ3) is 18.7. The molecule has 31 heteroatoms. The van der Waals surface area contributed by atoms with Crippen LogP contribution >= 0.6 is 0 Å². The number of amides is 11. The number of nitrogens with one attached hydrogen (secondary N) is 9. The molecule has 498 valence electrons.